The second-order valence-electron chi connectivity index (χ2n) is 5.27. The number of amides is 1. The van der Waals surface area contributed by atoms with Crippen molar-refractivity contribution in [3.8, 4) is 11.5 Å². The molecule has 116 valence electrons. The molecule has 0 aliphatic rings. The Kier molecular flexibility index (Phi) is 5.04. The first-order valence-corrected chi connectivity index (χ1v) is 7.14. The fourth-order valence-corrected chi connectivity index (χ4v) is 2.17. The fraction of sp³-hybridized carbons (Fsp3) is 0.278. The lowest BCUT2D eigenvalue weighted by Crippen LogP contribution is -2.20. The number of methoxy groups -OCH3 is 1. The average Bonchev–Trinajstić information content (AvgIpc) is 2.50. The predicted octanol–water partition coefficient (Wildman–Crippen LogP) is 3.64. The highest BCUT2D eigenvalue weighted by molar-refractivity contribution is 5.91. The zero-order chi connectivity index (χ0) is 16.1. The van der Waals surface area contributed by atoms with E-state index in [1.807, 2.05) is 26.8 Å². The summed E-state index contributed by atoms with van der Waals surface area (Å²) in [6.07, 6.45) is 0. The van der Waals surface area contributed by atoms with Crippen LogP contribution in [0.3, 0.4) is 0 Å². The van der Waals surface area contributed by atoms with E-state index < -0.39 is 0 Å². The standard InChI is InChI=1S/C18H21NO3/c1-12-9-13(2)14(3)17(10-12)22-11-18(20)19-15-5-7-16(21-4)8-6-15/h5-10H,11H2,1-4H3,(H,19,20). The molecule has 0 aliphatic heterocycles. The Labute approximate surface area is 131 Å². The molecule has 0 aromatic heterocycles. The first-order chi connectivity index (χ1) is 10.5. The van der Waals surface area contributed by atoms with Crippen molar-refractivity contribution in [2.75, 3.05) is 19.0 Å². The minimum Gasteiger partial charge on any atom is -0.497 e. The van der Waals surface area contributed by atoms with Crippen molar-refractivity contribution < 1.29 is 14.3 Å². The lowest BCUT2D eigenvalue weighted by molar-refractivity contribution is -0.118. The van der Waals surface area contributed by atoms with Crippen molar-refractivity contribution >= 4 is 11.6 Å². The van der Waals surface area contributed by atoms with Gasteiger partial charge in [0, 0.05) is 5.69 Å². The van der Waals surface area contributed by atoms with Crippen molar-refractivity contribution in [1.29, 1.82) is 0 Å². The second kappa shape index (κ2) is 6.98. The molecule has 0 fully saturated rings. The molecule has 2 aromatic rings. The monoisotopic (exact) mass is 299 g/mol. The molecule has 1 amide bonds. The van der Waals surface area contributed by atoms with Gasteiger partial charge < -0.3 is 14.8 Å². The van der Waals surface area contributed by atoms with Crippen LogP contribution in [0.1, 0.15) is 16.7 Å². The molecule has 0 spiro atoms. The Balaban J connectivity index is 1.95. The number of hydrogen-bond acceptors (Lipinski definition) is 3. The molecule has 22 heavy (non-hydrogen) atoms. The van der Waals surface area contributed by atoms with Crippen LogP contribution in [0.4, 0.5) is 5.69 Å². The van der Waals surface area contributed by atoms with Gasteiger partial charge in [-0.2, -0.15) is 0 Å². The summed E-state index contributed by atoms with van der Waals surface area (Å²) in [5.74, 6) is 1.31. The number of rotatable bonds is 5. The number of carbonyl (C=O) groups is 1. The van der Waals surface area contributed by atoms with Crippen LogP contribution in [0.25, 0.3) is 0 Å². The molecule has 0 radical (unpaired) electrons. The van der Waals surface area contributed by atoms with Gasteiger partial charge in [0.1, 0.15) is 11.5 Å². The van der Waals surface area contributed by atoms with E-state index in [1.54, 1.807) is 31.4 Å². The van der Waals surface area contributed by atoms with Gasteiger partial charge in [-0.15, -0.1) is 0 Å². The fourth-order valence-electron chi connectivity index (χ4n) is 2.17. The van der Waals surface area contributed by atoms with E-state index in [4.69, 9.17) is 9.47 Å². The molecule has 4 nitrogen and oxygen atoms in total. The van der Waals surface area contributed by atoms with Crippen LogP contribution in [0.15, 0.2) is 36.4 Å². The van der Waals surface area contributed by atoms with E-state index in [0.29, 0.717) is 5.69 Å². The molecular formula is C18H21NO3. The lowest BCUT2D eigenvalue weighted by Gasteiger charge is -2.12. The number of hydrogen-bond donors (Lipinski definition) is 1. The molecule has 0 aliphatic carbocycles. The van der Waals surface area contributed by atoms with Gasteiger partial charge >= 0.3 is 0 Å². The molecule has 0 saturated heterocycles. The third kappa shape index (κ3) is 4.01. The summed E-state index contributed by atoms with van der Waals surface area (Å²) >= 11 is 0. The summed E-state index contributed by atoms with van der Waals surface area (Å²) in [4.78, 5) is 12.0. The van der Waals surface area contributed by atoms with Crippen LogP contribution in [-0.4, -0.2) is 19.6 Å². The Morgan fingerprint density at radius 2 is 1.77 bits per heavy atom. The molecule has 2 rings (SSSR count). The van der Waals surface area contributed by atoms with Crippen LogP contribution in [0, 0.1) is 20.8 Å². The van der Waals surface area contributed by atoms with Crippen LogP contribution in [0.2, 0.25) is 0 Å². The molecule has 0 unspecified atom stereocenters. The average molecular weight is 299 g/mol. The molecule has 0 atom stereocenters. The van der Waals surface area contributed by atoms with E-state index in [-0.39, 0.29) is 12.5 Å². The van der Waals surface area contributed by atoms with Crippen LogP contribution in [-0.2, 0) is 4.79 Å². The first kappa shape index (κ1) is 15.9. The number of ether oxygens (including phenoxy) is 2. The van der Waals surface area contributed by atoms with Crippen LogP contribution < -0.4 is 14.8 Å². The van der Waals surface area contributed by atoms with Gasteiger partial charge in [0.05, 0.1) is 7.11 Å². The molecule has 0 heterocycles. The van der Waals surface area contributed by atoms with Gasteiger partial charge in [-0.1, -0.05) is 6.07 Å². The summed E-state index contributed by atoms with van der Waals surface area (Å²) < 4.78 is 10.7. The van der Waals surface area contributed by atoms with Gasteiger partial charge in [0.2, 0.25) is 0 Å². The molecule has 0 saturated carbocycles. The molecule has 2 aromatic carbocycles. The van der Waals surface area contributed by atoms with Gasteiger partial charge in [-0.3, -0.25) is 4.79 Å². The van der Waals surface area contributed by atoms with Crippen molar-refractivity contribution in [3.63, 3.8) is 0 Å². The SMILES string of the molecule is COc1ccc(NC(=O)COc2cc(C)cc(C)c2C)cc1. The summed E-state index contributed by atoms with van der Waals surface area (Å²) in [7, 11) is 1.60. The lowest BCUT2D eigenvalue weighted by atomic mass is 10.1. The highest BCUT2D eigenvalue weighted by Crippen LogP contribution is 2.23. The highest BCUT2D eigenvalue weighted by atomic mass is 16.5. The minimum atomic E-state index is -0.191. The van der Waals surface area contributed by atoms with Crippen LogP contribution >= 0.6 is 0 Å². The number of anilines is 1. The number of benzene rings is 2. The summed E-state index contributed by atoms with van der Waals surface area (Å²) in [6.45, 7) is 6.02. The summed E-state index contributed by atoms with van der Waals surface area (Å²) in [6, 6.07) is 11.2. The topological polar surface area (TPSA) is 47.6 Å². The quantitative estimate of drug-likeness (QED) is 0.917. The minimum absolute atomic E-state index is 0.0181. The normalized spacial score (nSPS) is 10.2. The Hall–Kier alpha value is -2.49. The van der Waals surface area contributed by atoms with E-state index in [9.17, 15) is 4.79 Å². The van der Waals surface area contributed by atoms with Gasteiger partial charge in [0.15, 0.2) is 6.61 Å². The molecule has 4 heteroatoms. The Morgan fingerprint density at radius 1 is 1.09 bits per heavy atom. The smallest absolute Gasteiger partial charge is 0.262 e. The first-order valence-electron chi connectivity index (χ1n) is 7.14. The third-order valence-electron chi connectivity index (χ3n) is 3.50. The van der Waals surface area contributed by atoms with Crippen molar-refractivity contribution in [2.24, 2.45) is 0 Å². The Bertz CT molecular complexity index is 663. The molecule has 1 N–H and O–H groups in total. The van der Waals surface area contributed by atoms with E-state index in [1.165, 1.54) is 0 Å². The van der Waals surface area contributed by atoms with E-state index >= 15 is 0 Å². The largest absolute Gasteiger partial charge is 0.497 e. The van der Waals surface area contributed by atoms with Gasteiger partial charge in [-0.05, 0) is 67.8 Å². The molecular weight excluding hydrogens is 278 g/mol. The number of aryl methyl sites for hydroxylation is 2. The van der Waals surface area contributed by atoms with E-state index in [0.717, 1.165) is 28.2 Å². The Morgan fingerprint density at radius 3 is 2.41 bits per heavy atom. The third-order valence-corrected chi connectivity index (χ3v) is 3.50. The van der Waals surface area contributed by atoms with Gasteiger partial charge in [0.25, 0.3) is 5.91 Å². The number of nitrogens with one attached hydrogen (secondary N) is 1. The second-order valence-corrected chi connectivity index (χ2v) is 5.27. The maximum Gasteiger partial charge on any atom is 0.262 e. The summed E-state index contributed by atoms with van der Waals surface area (Å²) in [5.41, 5.74) is 4.05. The highest BCUT2D eigenvalue weighted by Gasteiger charge is 2.08. The van der Waals surface area contributed by atoms with Crippen molar-refractivity contribution in [1.82, 2.24) is 0 Å². The van der Waals surface area contributed by atoms with Crippen molar-refractivity contribution in [3.05, 3.63) is 53.1 Å². The molecule has 0 bridgehead atoms. The zero-order valence-corrected chi connectivity index (χ0v) is 13.4. The predicted molar refractivity (Wildman–Crippen MR) is 87.8 cm³/mol. The maximum atomic E-state index is 12.0. The maximum absolute atomic E-state index is 12.0. The van der Waals surface area contributed by atoms with Crippen molar-refractivity contribution in [2.45, 2.75) is 20.8 Å². The zero-order valence-electron chi connectivity index (χ0n) is 13.4. The van der Waals surface area contributed by atoms with E-state index in [2.05, 4.69) is 11.4 Å². The summed E-state index contributed by atoms with van der Waals surface area (Å²) in [5, 5.41) is 2.79. The number of carbonyl (C=O) groups excluding carboxylic acids is 1. The van der Waals surface area contributed by atoms with Gasteiger partial charge in [-0.25, -0.2) is 0 Å². The van der Waals surface area contributed by atoms with Crippen LogP contribution in [0.5, 0.6) is 11.5 Å².